The number of hydrogen-bond donors (Lipinski definition) is 2. The summed E-state index contributed by atoms with van der Waals surface area (Å²) in [5.74, 6) is 1.48. The lowest BCUT2D eigenvalue weighted by atomic mass is 9.80. The number of carbonyl (C=O) groups excluding carboxylic acids is 1. The van der Waals surface area contributed by atoms with Crippen LogP contribution in [0.5, 0.6) is 5.75 Å². The van der Waals surface area contributed by atoms with Gasteiger partial charge in [-0.2, -0.15) is 0 Å². The Labute approximate surface area is 114 Å². The van der Waals surface area contributed by atoms with Gasteiger partial charge in [-0.25, -0.2) is 0 Å². The number of carbonyl (C=O) groups is 1. The first-order chi connectivity index (χ1) is 9.15. The lowest BCUT2D eigenvalue weighted by Crippen LogP contribution is -2.41. The summed E-state index contributed by atoms with van der Waals surface area (Å²) >= 11 is 0. The number of rotatable bonds is 6. The van der Waals surface area contributed by atoms with Crippen LogP contribution in [-0.2, 0) is 4.79 Å². The van der Waals surface area contributed by atoms with Crippen molar-refractivity contribution in [1.29, 1.82) is 0 Å². The van der Waals surface area contributed by atoms with Gasteiger partial charge >= 0.3 is 0 Å². The Bertz CT molecular complexity index is 413. The van der Waals surface area contributed by atoms with E-state index in [1.807, 2.05) is 12.1 Å². The molecule has 1 aromatic carbocycles. The summed E-state index contributed by atoms with van der Waals surface area (Å²) in [6, 6.07) is 7.48. The Balaban J connectivity index is 1.64. The molecule has 0 heterocycles. The van der Waals surface area contributed by atoms with Gasteiger partial charge < -0.3 is 15.8 Å². The van der Waals surface area contributed by atoms with Crippen molar-refractivity contribution in [3.8, 4) is 5.75 Å². The van der Waals surface area contributed by atoms with Crippen LogP contribution in [0.25, 0.3) is 0 Å². The van der Waals surface area contributed by atoms with Crippen LogP contribution in [0.2, 0.25) is 0 Å². The number of anilines is 1. The van der Waals surface area contributed by atoms with Crippen LogP contribution in [0.1, 0.15) is 32.6 Å². The smallest absolute Gasteiger partial charge is 0.223 e. The SMILES string of the molecule is CC(NC(=O)CCOc1ccc(N)cc1)C1CCC1. The lowest BCUT2D eigenvalue weighted by molar-refractivity contribution is -0.122. The molecule has 1 fully saturated rings. The normalized spacial score (nSPS) is 16.5. The first-order valence-corrected chi connectivity index (χ1v) is 6.93. The molecule has 0 aliphatic heterocycles. The Morgan fingerprint density at radius 3 is 2.68 bits per heavy atom. The number of ether oxygens (including phenoxy) is 1. The van der Waals surface area contributed by atoms with E-state index in [2.05, 4.69) is 12.2 Å². The maximum Gasteiger partial charge on any atom is 0.223 e. The lowest BCUT2D eigenvalue weighted by Gasteiger charge is -2.31. The standard InChI is InChI=1S/C15H22N2O2/c1-11(12-3-2-4-12)17-15(18)9-10-19-14-7-5-13(16)6-8-14/h5-8,11-12H,2-4,9-10,16H2,1H3,(H,17,18). The zero-order valence-electron chi connectivity index (χ0n) is 11.4. The fourth-order valence-corrected chi connectivity index (χ4v) is 2.21. The predicted molar refractivity (Wildman–Crippen MR) is 75.9 cm³/mol. The van der Waals surface area contributed by atoms with Gasteiger partial charge in [0, 0.05) is 11.7 Å². The van der Waals surface area contributed by atoms with Crippen molar-refractivity contribution in [1.82, 2.24) is 5.32 Å². The van der Waals surface area contributed by atoms with Crippen molar-refractivity contribution < 1.29 is 9.53 Å². The molecule has 19 heavy (non-hydrogen) atoms. The molecule has 1 aromatic rings. The number of nitrogens with one attached hydrogen (secondary N) is 1. The molecule has 4 heteroatoms. The third-order valence-electron chi connectivity index (χ3n) is 3.72. The van der Waals surface area contributed by atoms with E-state index in [9.17, 15) is 4.79 Å². The zero-order valence-corrected chi connectivity index (χ0v) is 11.4. The first kappa shape index (κ1) is 13.7. The average molecular weight is 262 g/mol. The quantitative estimate of drug-likeness (QED) is 0.773. The summed E-state index contributed by atoms with van der Waals surface area (Å²) in [7, 11) is 0. The van der Waals surface area contributed by atoms with Crippen molar-refractivity contribution in [3.63, 3.8) is 0 Å². The van der Waals surface area contributed by atoms with Crippen molar-refractivity contribution in [2.75, 3.05) is 12.3 Å². The van der Waals surface area contributed by atoms with Crippen LogP contribution in [0, 0.1) is 5.92 Å². The number of amides is 1. The highest BCUT2D eigenvalue weighted by atomic mass is 16.5. The van der Waals surface area contributed by atoms with Gasteiger partial charge in [0.25, 0.3) is 0 Å². The maximum absolute atomic E-state index is 11.7. The molecule has 1 amide bonds. The van der Waals surface area contributed by atoms with E-state index < -0.39 is 0 Å². The first-order valence-electron chi connectivity index (χ1n) is 6.93. The van der Waals surface area contributed by atoms with Gasteiger partial charge in [-0.1, -0.05) is 6.42 Å². The molecule has 0 aromatic heterocycles. The maximum atomic E-state index is 11.7. The molecule has 104 valence electrons. The summed E-state index contributed by atoms with van der Waals surface area (Å²) in [6.07, 6.45) is 4.17. The van der Waals surface area contributed by atoms with Crippen LogP contribution in [0.4, 0.5) is 5.69 Å². The minimum atomic E-state index is 0.0647. The number of benzene rings is 1. The third-order valence-corrected chi connectivity index (χ3v) is 3.72. The average Bonchev–Trinajstić information content (AvgIpc) is 2.29. The Morgan fingerprint density at radius 1 is 1.42 bits per heavy atom. The van der Waals surface area contributed by atoms with Gasteiger partial charge in [0.2, 0.25) is 5.91 Å². The molecule has 1 unspecified atom stereocenters. The fraction of sp³-hybridized carbons (Fsp3) is 0.533. The van der Waals surface area contributed by atoms with Crippen LogP contribution < -0.4 is 15.8 Å². The molecule has 4 nitrogen and oxygen atoms in total. The molecule has 1 aliphatic rings. The molecular formula is C15H22N2O2. The highest BCUT2D eigenvalue weighted by Gasteiger charge is 2.24. The number of nitrogens with two attached hydrogens (primary N) is 1. The molecule has 1 atom stereocenters. The Kier molecular flexibility index (Phi) is 4.66. The summed E-state index contributed by atoms with van der Waals surface area (Å²) in [5, 5.41) is 3.04. The second-order valence-electron chi connectivity index (χ2n) is 5.21. The minimum Gasteiger partial charge on any atom is -0.493 e. The second-order valence-corrected chi connectivity index (χ2v) is 5.21. The Hall–Kier alpha value is -1.71. The molecule has 1 aliphatic carbocycles. The van der Waals surface area contributed by atoms with Crippen LogP contribution in [0.15, 0.2) is 24.3 Å². The number of hydrogen-bond acceptors (Lipinski definition) is 3. The van der Waals surface area contributed by atoms with E-state index in [-0.39, 0.29) is 11.9 Å². The molecule has 2 rings (SSSR count). The summed E-state index contributed by atoms with van der Waals surface area (Å²) < 4.78 is 5.50. The van der Waals surface area contributed by atoms with Crippen molar-refractivity contribution >= 4 is 11.6 Å². The summed E-state index contributed by atoms with van der Waals surface area (Å²) in [4.78, 5) is 11.7. The minimum absolute atomic E-state index is 0.0647. The molecule has 0 saturated heterocycles. The third kappa shape index (κ3) is 4.16. The zero-order chi connectivity index (χ0) is 13.7. The van der Waals surface area contributed by atoms with Crippen LogP contribution in [0.3, 0.4) is 0 Å². The van der Waals surface area contributed by atoms with Gasteiger partial charge in [0.15, 0.2) is 0 Å². The van der Waals surface area contributed by atoms with Crippen molar-refractivity contribution in [2.24, 2.45) is 5.92 Å². The van der Waals surface area contributed by atoms with E-state index in [1.54, 1.807) is 12.1 Å². The molecule has 0 radical (unpaired) electrons. The van der Waals surface area contributed by atoms with Crippen molar-refractivity contribution in [2.45, 2.75) is 38.6 Å². The van der Waals surface area contributed by atoms with Gasteiger partial charge in [-0.05, 0) is 49.9 Å². The topological polar surface area (TPSA) is 64.3 Å². The second kappa shape index (κ2) is 6.45. The van der Waals surface area contributed by atoms with E-state index in [4.69, 9.17) is 10.5 Å². The van der Waals surface area contributed by atoms with Gasteiger partial charge in [-0.3, -0.25) is 4.79 Å². The molecule has 0 spiro atoms. The van der Waals surface area contributed by atoms with Crippen LogP contribution >= 0.6 is 0 Å². The molecule has 3 N–H and O–H groups in total. The van der Waals surface area contributed by atoms with E-state index >= 15 is 0 Å². The monoisotopic (exact) mass is 262 g/mol. The highest BCUT2D eigenvalue weighted by Crippen LogP contribution is 2.29. The van der Waals surface area contributed by atoms with Gasteiger partial charge in [0.05, 0.1) is 13.0 Å². The Morgan fingerprint density at radius 2 is 2.11 bits per heavy atom. The molecular weight excluding hydrogens is 240 g/mol. The summed E-state index contributed by atoms with van der Waals surface area (Å²) in [6.45, 7) is 2.48. The van der Waals surface area contributed by atoms with Gasteiger partial charge in [-0.15, -0.1) is 0 Å². The number of nitrogen functional groups attached to an aromatic ring is 1. The largest absolute Gasteiger partial charge is 0.493 e. The van der Waals surface area contributed by atoms with E-state index in [0.29, 0.717) is 24.6 Å². The summed E-state index contributed by atoms with van der Waals surface area (Å²) in [5.41, 5.74) is 6.29. The highest BCUT2D eigenvalue weighted by molar-refractivity contribution is 5.76. The van der Waals surface area contributed by atoms with Crippen LogP contribution in [-0.4, -0.2) is 18.6 Å². The van der Waals surface area contributed by atoms with E-state index in [0.717, 1.165) is 5.75 Å². The fourth-order valence-electron chi connectivity index (χ4n) is 2.21. The van der Waals surface area contributed by atoms with Gasteiger partial charge in [0.1, 0.15) is 5.75 Å². The molecule has 1 saturated carbocycles. The van der Waals surface area contributed by atoms with Crippen molar-refractivity contribution in [3.05, 3.63) is 24.3 Å². The predicted octanol–water partition coefficient (Wildman–Crippen LogP) is 2.34. The molecule has 0 bridgehead atoms. The van der Waals surface area contributed by atoms with E-state index in [1.165, 1.54) is 19.3 Å².